The Morgan fingerprint density at radius 2 is 0.902 bits per heavy atom. The number of hydrogen-bond donors (Lipinski definition) is 0. The molecule has 286 valence electrons. The van der Waals surface area contributed by atoms with Gasteiger partial charge in [0.2, 0.25) is 0 Å². The van der Waals surface area contributed by atoms with Crippen molar-refractivity contribution in [3.8, 4) is 39.1 Å². The summed E-state index contributed by atoms with van der Waals surface area (Å²) in [5.41, 5.74) is 15.4. The van der Waals surface area contributed by atoms with Crippen molar-refractivity contribution >= 4 is 71.6 Å². The number of anilines is 3. The Kier molecular flexibility index (Phi) is 8.17. The van der Waals surface area contributed by atoms with Gasteiger partial charge in [-0.05, 0) is 111 Å². The van der Waals surface area contributed by atoms with Crippen molar-refractivity contribution in [1.29, 1.82) is 0 Å². The summed E-state index contributed by atoms with van der Waals surface area (Å²) in [6.45, 7) is 0. The van der Waals surface area contributed by atoms with Gasteiger partial charge in [-0.15, -0.1) is 0 Å². The van der Waals surface area contributed by atoms with Crippen molar-refractivity contribution in [3.63, 3.8) is 0 Å². The molecule has 3 nitrogen and oxygen atoms in total. The van der Waals surface area contributed by atoms with E-state index >= 15 is 0 Å². The lowest BCUT2D eigenvalue weighted by atomic mass is 9.98. The Bertz CT molecular complexity index is 3560. The molecule has 2 heterocycles. The summed E-state index contributed by atoms with van der Waals surface area (Å²) in [5, 5.41) is 7.09. The lowest BCUT2D eigenvalue weighted by Crippen LogP contribution is -2.10. The molecule has 0 N–H and O–H groups in total. The van der Waals surface area contributed by atoms with Crippen LogP contribution in [0.5, 0.6) is 0 Å². The van der Waals surface area contributed by atoms with Gasteiger partial charge in [-0.25, -0.2) is 0 Å². The zero-order valence-corrected chi connectivity index (χ0v) is 33.2. The molecule has 2 aromatic heterocycles. The number of nitrogens with zero attached hydrogens (tertiary/aromatic N) is 2. The normalized spacial score (nSPS) is 11.6. The van der Waals surface area contributed by atoms with Gasteiger partial charge >= 0.3 is 0 Å². The average molecular weight is 779 g/mol. The number of rotatable bonds is 7. The van der Waals surface area contributed by atoms with Crippen molar-refractivity contribution in [2.24, 2.45) is 0 Å². The van der Waals surface area contributed by atoms with Crippen LogP contribution in [0.25, 0.3) is 93.6 Å². The summed E-state index contributed by atoms with van der Waals surface area (Å²) in [6, 6.07) is 82.8. The second kappa shape index (κ2) is 14.3. The Labute approximate surface area is 353 Å². The lowest BCUT2D eigenvalue weighted by molar-refractivity contribution is 0.669. The zero-order valence-electron chi connectivity index (χ0n) is 33.2. The first-order valence-electron chi connectivity index (χ1n) is 20.8. The predicted molar refractivity (Wildman–Crippen MR) is 257 cm³/mol. The minimum Gasteiger partial charge on any atom is -0.454 e. The minimum atomic E-state index is 0.866. The third-order valence-corrected chi connectivity index (χ3v) is 12.2. The van der Waals surface area contributed by atoms with Crippen molar-refractivity contribution in [1.82, 2.24) is 4.57 Å². The molecule has 0 saturated carbocycles. The van der Waals surface area contributed by atoms with E-state index in [1.807, 2.05) is 6.07 Å². The number of hydrogen-bond acceptors (Lipinski definition) is 2. The third kappa shape index (κ3) is 5.90. The summed E-state index contributed by atoms with van der Waals surface area (Å²) in [5.74, 6) is 0. The summed E-state index contributed by atoms with van der Waals surface area (Å²) in [7, 11) is 0. The molecule has 0 spiro atoms. The van der Waals surface area contributed by atoms with Gasteiger partial charge in [0.05, 0.1) is 16.7 Å². The van der Waals surface area contributed by atoms with Crippen LogP contribution in [0.4, 0.5) is 17.1 Å². The summed E-state index contributed by atoms with van der Waals surface area (Å²) in [4.78, 5) is 2.35. The molecule has 0 saturated heterocycles. The molecule has 0 radical (unpaired) electrons. The maximum Gasteiger partial charge on any atom is 0.160 e. The van der Waals surface area contributed by atoms with Gasteiger partial charge < -0.3 is 13.9 Å². The number of para-hydroxylation sites is 3. The van der Waals surface area contributed by atoms with Gasteiger partial charge in [-0.3, -0.25) is 0 Å². The molecule has 0 atom stereocenters. The van der Waals surface area contributed by atoms with Crippen molar-refractivity contribution < 1.29 is 4.42 Å². The van der Waals surface area contributed by atoms with E-state index in [4.69, 9.17) is 4.42 Å². The maximum atomic E-state index is 6.81. The van der Waals surface area contributed by atoms with E-state index in [-0.39, 0.29) is 0 Å². The number of aromatic nitrogens is 1. The molecule has 12 aromatic rings. The van der Waals surface area contributed by atoms with Gasteiger partial charge in [0.25, 0.3) is 0 Å². The number of furan rings is 1. The van der Waals surface area contributed by atoms with E-state index in [2.05, 4.69) is 234 Å². The molecule has 10 aromatic carbocycles. The van der Waals surface area contributed by atoms with Crippen molar-refractivity contribution in [3.05, 3.63) is 231 Å². The minimum absolute atomic E-state index is 0.866. The number of fused-ring (bicyclic) bond motifs is 8. The van der Waals surface area contributed by atoms with Crippen LogP contribution in [-0.2, 0) is 0 Å². The second-order valence-electron chi connectivity index (χ2n) is 15.7. The molecule has 0 aliphatic heterocycles. The van der Waals surface area contributed by atoms with E-state index in [9.17, 15) is 0 Å². The SMILES string of the molecule is c1ccc(-c2ccc(N(c3cccc(-c4ccc(-c5ccc6c(c5)c5ccccc5n6-c5ccccc5)cc4)c3)c3cc4ccccc4c4c3oc3ccccc34)cc2)cc1. The van der Waals surface area contributed by atoms with E-state index in [1.54, 1.807) is 0 Å². The van der Waals surface area contributed by atoms with E-state index in [0.29, 0.717) is 0 Å². The van der Waals surface area contributed by atoms with Gasteiger partial charge in [-0.2, -0.15) is 0 Å². The average Bonchev–Trinajstić information content (AvgIpc) is 3.89. The van der Waals surface area contributed by atoms with Crippen LogP contribution >= 0.6 is 0 Å². The van der Waals surface area contributed by atoms with Crippen molar-refractivity contribution in [2.75, 3.05) is 4.90 Å². The summed E-state index contributed by atoms with van der Waals surface area (Å²) < 4.78 is 9.17. The molecule has 61 heavy (non-hydrogen) atoms. The Balaban J connectivity index is 0.968. The van der Waals surface area contributed by atoms with E-state index in [1.165, 1.54) is 55.1 Å². The highest BCUT2D eigenvalue weighted by Crippen LogP contribution is 2.46. The van der Waals surface area contributed by atoms with Crippen LogP contribution in [0.3, 0.4) is 0 Å². The van der Waals surface area contributed by atoms with Gasteiger partial charge in [0, 0.05) is 38.6 Å². The van der Waals surface area contributed by atoms with Crippen LogP contribution in [0, 0.1) is 0 Å². The highest BCUT2D eigenvalue weighted by molar-refractivity contribution is 6.23. The molecular formula is C58H38N2O. The highest BCUT2D eigenvalue weighted by Gasteiger charge is 2.22. The smallest absolute Gasteiger partial charge is 0.160 e. The van der Waals surface area contributed by atoms with Gasteiger partial charge in [0.1, 0.15) is 5.58 Å². The molecular weight excluding hydrogens is 741 g/mol. The topological polar surface area (TPSA) is 21.3 Å². The van der Waals surface area contributed by atoms with Crippen LogP contribution in [0.15, 0.2) is 235 Å². The molecule has 0 unspecified atom stereocenters. The Hall–Kier alpha value is -8.14. The summed E-state index contributed by atoms with van der Waals surface area (Å²) >= 11 is 0. The van der Waals surface area contributed by atoms with E-state index < -0.39 is 0 Å². The predicted octanol–water partition coefficient (Wildman–Crippen LogP) is 16.3. The molecule has 0 aliphatic carbocycles. The second-order valence-corrected chi connectivity index (χ2v) is 15.7. The van der Waals surface area contributed by atoms with Gasteiger partial charge in [-0.1, -0.05) is 164 Å². The summed E-state index contributed by atoms with van der Waals surface area (Å²) in [6.07, 6.45) is 0. The molecule has 12 rings (SSSR count). The Morgan fingerprint density at radius 1 is 0.344 bits per heavy atom. The fourth-order valence-electron chi connectivity index (χ4n) is 9.27. The van der Waals surface area contributed by atoms with E-state index in [0.717, 1.165) is 55.5 Å². The van der Waals surface area contributed by atoms with Crippen LogP contribution in [-0.4, -0.2) is 4.57 Å². The quantitative estimate of drug-likeness (QED) is 0.161. The molecule has 3 heteroatoms. The van der Waals surface area contributed by atoms with Gasteiger partial charge in [0.15, 0.2) is 5.58 Å². The lowest BCUT2D eigenvalue weighted by Gasteiger charge is -2.27. The van der Waals surface area contributed by atoms with Crippen LogP contribution in [0.2, 0.25) is 0 Å². The third-order valence-electron chi connectivity index (χ3n) is 12.2. The first-order chi connectivity index (χ1) is 30.2. The highest BCUT2D eigenvalue weighted by atomic mass is 16.3. The maximum absolute atomic E-state index is 6.81. The molecule has 0 aliphatic rings. The van der Waals surface area contributed by atoms with Crippen LogP contribution < -0.4 is 4.90 Å². The van der Waals surface area contributed by atoms with Crippen LogP contribution in [0.1, 0.15) is 0 Å². The van der Waals surface area contributed by atoms with Crippen molar-refractivity contribution in [2.45, 2.75) is 0 Å². The molecule has 0 bridgehead atoms. The zero-order chi connectivity index (χ0) is 40.3. The first-order valence-corrected chi connectivity index (χ1v) is 20.8. The number of benzene rings is 10. The largest absolute Gasteiger partial charge is 0.454 e. The standard InChI is InChI=1S/C58H38N2O/c1-3-14-39(15-4-1)40-30-33-47(34-31-40)59(55-38-45-16-7-8-21-49(45)57-51-23-10-12-25-56(51)61-58(55)57)48-20-13-17-43(36-48)41-26-28-42(29-27-41)44-32-35-54-52(37-44)50-22-9-11-24-53(50)60(54)46-18-5-2-6-19-46/h1-38H. The molecule has 0 amide bonds. The molecule has 0 fully saturated rings. The fraction of sp³-hybridized carbons (Fsp3) is 0. The monoisotopic (exact) mass is 778 g/mol. The first kappa shape index (κ1) is 34.9. The fourth-order valence-corrected chi connectivity index (χ4v) is 9.27. The Morgan fingerprint density at radius 3 is 1.69 bits per heavy atom.